The molecular weight excluding hydrogens is 274 g/mol. The van der Waals surface area contributed by atoms with Gasteiger partial charge in [0, 0.05) is 32.0 Å². The third kappa shape index (κ3) is 3.84. The van der Waals surface area contributed by atoms with Crippen molar-refractivity contribution < 1.29 is 8.42 Å². The van der Waals surface area contributed by atoms with Gasteiger partial charge in [-0.3, -0.25) is 0 Å². The van der Waals surface area contributed by atoms with Crippen LogP contribution in [0.3, 0.4) is 0 Å². The summed E-state index contributed by atoms with van der Waals surface area (Å²) in [6.07, 6.45) is 8.95. The van der Waals surface area contributed by atoms with Gasteiger partial charge in [0.1, 0.15) is 0 Å². The number of rotatable bonds is 7. The van der Waals surface area contributed by atoms with Crippen LogP contribution in [-0.2, 0) is 23.6 Å². The first kappa shape index (κ1) is 15.5. The Hall–Kier alpha value is -0.850. The summed E-state index contributed by atoms with van der Waals surface area (Å²) in [7, 11) is -1.59. The van der Waals surface area contributed by atoms with Crippen molar-refractivity contribution in [2.24, 2.45) is 18.7 Å². The van der Waals surface area contributed by atoms with Crippen LogP contribution < -0.4 is 10.5 Å². The highest BCUT2D eigenvalue weighted by Crippen LogP contribution is 2.28. The molecule has 20 heavy (non-hydrogen) atoms. The van der Waals surface area contributed by atoms with E-state index in [1.54, 1.807) is 23.9 Å². The minimum absolute atomic E-state index is 0.307. The summed E-state index contributed by atoms with van der Waals surface area (Å²) in [5.74, 6) is 0.806. The van der Waals surface area contributed by atoms with Gasteiger partial charge in [-0.1, -0.05) is 25.7 Å². The number of hydrogen-bond donors (Lipinski definition) is 2. The fourth-order valence-corrected chi connectivity index (χ4v) is 4.07. The molecule has 0 bridgehead atoms. The fraction of sp³-hybridized carbons (Fsp3) is 0.714. The second-order valence-corrected chi connectivity index (χ2v) is 7.44. The van der Waals surface area contributed by atoms with E-state index >= 15 is 0 Å². The second-order valence-electron chi connectivity index (χ2n) is 5.67. The molecule has 0 aromatic carbocycles. The zero-order valence-electron chi connectivity index (χ0n) is 12.1. The molecule has 0 atom stereocenters. The van der Waals surface area contributed by atoms with Crippen LogP contribution in [0.15, 0.2) is 17.2 Å². The first-order chi connectivity index (χ1) is 9.53. The van der Waals surface area contributed by atoms with Gasteiger partial charge >= 0.3 is 0 Å². The summed E-state index contributed by atoms with van der Waals surface area (Å²) in [5, 5.41) is 0. The van der Waals surface area contributed by atoms with Crippen molar-refractivity contribution in [2.75, 3.05) is 6.54 Å². The first-order valence-electron chi connectivity index (χ1n) is 7.38. The van der Waals surface area contributed by atoms with Gasteiger partial charge in [0.25, 0.3) is 0 Å². The normalized spacial score (nSPS) is 16.9. The van der Waals surface area contributed by atoms with Crippen LogP contribution in [0.5, 0.6) is 0 Å². The number of aromatic nitrogens is 1. The predicted octanol–water partition coefficient (Wildman–Crippen LogP) is 1.73. The van der Waals surface area contributed by atoms with Gasteiger partial charge in [-0.15, -0.1) is 0 Å². The van der Waals surface area contributed by atoms with Gasteiger partial charge in [0.15, 0.2) is 0 Å². The molecule has 5 nitrogen and oxygen atoms in total. The molecule has 1 saturated carbocycles. The Bertz CT molecular complexity index is 531. The van der Waals surface area contributed by atoms with E-state index in [4.69, 9.17) is 5.73 Å². The Kier molecular flexibility index (Phi) is 5.23. The molecule has 3 N–H and O–H groups in total. The molecule has 0 aliphatic heterocycles. The van der Waals surface area contributed by atoms with Crippen molar-refractivity contribution in [1.29, 1.82) is 0 Å². The molecule has 114 valence electrons. The molecular formula is C14H25N3O2S. The van der Waals surface area contributed by atoms with Crippen LogP contribution >= 0.6 is 0 Å². The van der Waals surface area contributed by atoms with E-state index in [2.05, 4.69) is 4.72 Å². The van der Waals surface area contributed by atoms with Crippen molar-refractivity contribution >= 4 is 10.0 Å². The zero-order valence-corrected chi connectivity index (χ0v) is 13.0. The average Bonchev–Trinajstić information content (AvgIpc) is 3.04. The molecule has 1 aliphatic rings. The summed E-state index contributed by atoms with van der Waals surface area (Å²) in [5.41, 5.74) is 6.38. The van der Waals surface area contributed by atoms with Crippen LogP contribution in [0.4, 0.5) is 0 Å². The van der Waals surface area contributed by atoms with Crippen molar-refractivity contribution in [1.82, 2.24) is 9.29 Å². The first-order valence-corrected chi connectivity index (χ1v) is 8.86. The molecule has 0 unspecified atom stereocenters. The third-order valence-corrected chi connectivity index (χ3v) is 5.59. The lowest BCUT2D eigenvalue weighted by atomic mass is 10.0. The van der Waals surface area contributed by atoms with Crippen LogP contribution in [0.2, 0.25) is 0 Å². The molecule has 0 radical (unpaired) electrons. The van der Waals surface area contributed by atoms with E-state index in [-0.39, 0.29) is 0 Å². The average molecular weight is 299 g/mol. The van der Waals surface area contributed by atoms with E-state index in [1.165, 1.54) is 25.7 Å². The molecule has 0 saturated heterocycles. The Labute approximate surface area is 121 Å². The van der Waals surface area contributed by atoms with Gasteiger partial charge in [-0.2, -0.15) is 0 Å². The maximum absolute atomic E-state index is 12.1. The monoisotopic (exact) mass is 299 g/mol. The summed E-state index contributed by atoms with van der Waals surface area (Å²) in [4.78, 5) is 0.307. The molecule has 1 aliphatic carbocycles. The standard InChI is InChI=1S/C14H25N3O2S/c1-17-11-14(9-13(17)10-15)20(18,19)16-8-4-7-12-5-2-3-6-12/h9,11-12,16H,2-8,10,15H2,1H3. The molecule has 1 fully saturated rings. The zero-order chi connectivity index (χ0) is 14.6. The fourth-order valence-electron chi connectivity index (χ4n) is 2.91. The maximum Gasteiger partial charge on any atom is 0.242 e. The molecule has 0 amide bonds. The number of aryl methyl sites for hydroxylation is 1. The summed E-state index contributed by atoms with van der Waals surface area (Å²) in [6, 6.07) is 1.64. The van der Waals surface area contributed by atoms with Crippen LogP contribution in [0.1, 0.15) is 44.2 Å². The van der Waals surface area contributed by atoms with Gasteiger partial charge in [-0.25, -0.2) is 13.1 Å². The Morgan fingerprint density at radius 3 is 2.70 bits per heavy atom. The highest BCUT2D eigenvalue weighted by molar-refractivity contribution is 7.89. The lowest BCUT2D eigenvalue weighted by Crippen LogP contribution is -2.24. The van der Waals surface area contributed by atoms with Gasteiger partial charge < -0.3 is 10.3 Å². The second kappa shape index (κ2) is 6.74. The Morgan fingerprint density at radius 2 is 2.10 bits per heavy atom. The molecule has 6 heteroatoms. The largest absolute Gasteiger partial charge is 0.352 e. The number of hydrogen-bond acceptors (Lipinski definition) is 3. The van der Waals surface area contributed by atoms with E-state index in [1.807, 2.05) is 0 Å². The molecule has 0 spiro atoms. The van der Waals surface area contributed by atoms with Crippen LogP contribution in [0, 0.1) is 5.92 Å². The smallest absolute Gasteiger partial charge is 0.242 e. The van der Waals surface area contributed by atoms with Crippen LogP contribution in [-0.4, -0.2) is 19.5 Å². The van der Waals surface area contributed by atoms with E-state index in [0.717, 1.165) is 24.5 Å². The van der Waals surface area contributed by atoms with Crippen molar-refractivity contribution in [3.05, 3.63) is 18.0 Å². The number of sulfonamides is 1. The highest BCUT2D eigenvalue weighted by atomic mass is 32.2. The Morgan fingerprint density at radius 1 is 1.40 bits per heavy atom. The highest BCUT2D eigenvalue weighted by Gasteiger charge is 2.18. The van der Waals surface area contributed by atoms with Gasteiger partial charge in [0.2, 0.25) is 10.0 Å². The predicted molar refractivity (Wildman–Crippen MR) is 79.7 cm³/mol. The topological polar surface area (TPSA) is 77.1 Å². The van der Waals surface area contributed by atoms with Crippen LogP contribution in [0.25, 0.3) is 0 Å². The number of nitrogens with one attached hydrogen (secondary N) is 1. The van der Waals surface area contributed by atoms with Crippen molar-refractivity contribution in [3.63, 3.8) is 0 Å². The van der Waals surface area contributed by atoms with E-state index in [9.17, 15) is 8.42 Å². The molecule has 1 aromatic heterocycles. The Balaban J connectivity index is 1.83. The molecule has 2 rings (SSSR count). The minimum atomic E-state index is -3.39. The third-order valence-electron chi connectivity index (χ3n) is 4.16. The quantitative estimate of drug-likeness (QED) is 0.753. The summed E-state index contributed by atoms with van der Waals surface area (Å²) in [6.45, 7) is 0.861. The summed E-state index contributed by atoms with van der Waals surface area (Å²) >= 11 is 0. The lowest BCUT2D eigenvalue weighted by molar-refractivity contribution is 0.480. The SMILES string of the molecule is Cn1cc(S(=O)(=O)NCCCC2CCCC2)cc1CN. The molecule has 1 aromatic rings. The van der Waals surface area contributed by atoms with E-state index < -0.39 is 10.0 Å². The lowest BCUT2D eigenvalue weighted by Gasteiger charge is -2.09. The van der Waals surface area contributed by atoms with Crippen molar-refractivity contribution in [2.45, 2.75) is 50.0 Å². The van der Waals surface area contributed by atoms with E-state index in [0.29, 0.717) is 18.0 Å². The van der Waals surface area contributed by atoms with Crippen molar-refractivity contribution in [3.8, 4) is 0 Å². The van der Waals surface area contributed by atoms with Gasteiger partial charge in [0.05, 0.1) is 4.90 Å². The minimum Gasteiger partial charge on any atom is -0.352 e. The van der Waals surface area contributed by atoms with Gasteiger partial charge in [-0.05, 0) is 24.8 Å². The number of nitrogens with two attached hydrogens (primary N) is 1. The number of nitrogens with zero attached hydrogens (tertiary/aromatic N) is 1. The summed E-state index contributed by atoms with van der Waals surface area (Å²) < 4.78 is 28.7. The maximum atomic E-state index is 12.1. The molecule has 1 heterocycles.